The Morgan fingerprint density at radius 3 is 2.81 bits per heavy atom. The maximum Gasteiger partial charge on any atom is 0.274 e. The van der Waals surface area contributed by atoms with Crippen molar-refractivity contribution in [2.45, 2.75) is 57.7 Å². The van der Waals surface area contributed by atoms with Crippen LogP contribution in [0, 0.1) is 0 Å². The Morgan fingerprint density at radius 1 is 1.38 bits per heavy atom. The van der Waals surface area contributed by atoms with Crippen molar-refractivity contribution in [2.24, 2.45) is 0 Å². The largest absolute Gasteiger partial charge is 0.388 e. The van der Waals surface area contributed by atoms with Crippen molar-refractivity contribution >= 4 is 28.9 Å². The lowest BCUT2D eigenvalue weighted by Crippen LogP contribution is -2.47. The van der Waals surface area contributed by atoms with E-state index in [1.807, 2.05) is 13.8 Å². The summed E-state index contributed by atoms with van der Waals surface area (Å²) in [6.45, 7) is 5.62. The molecule has 1 aliphatic rings. The fourth-order valence-electron chi connectivity index (χ4n) is 4.13. The van der Waals surface area contributed by atoms with Gasteiger partial charge in [0.2, 0.25) is 0 Å². The summed E-state index contributed by atoms with van der Waals surface area (Å²) in [6.07, 6.45) is 5.42. The maximum absolute atomic E-state index is 13.0. The van der Waals surface area contributed by atoms with Gasteiger partial charge < -0.3 is 25.6 Å². The zero-order valence-corrected chi connectivity index (χ0v) is 18.7. The Labute approximate surface area is 185 Å². The van der Waals surface area contributed by atoms with Crippen LogP contribution in [-0.2, 0) is 0 Å². The maximum atomic E-state index is 13.0. The lowest BCUT2D eigenvalue weighted by atomic mass is 10.0. The van der Waals surface area contributed by atoms with Gasteiger partial charge in [-0.3, -0.25) is 9.59 Å². The highest BCUT2D eigenvalue weighted by molar-refractivity contribution is 6.00. The number of nitrogens with one attached hydrogen (secondary N) is 3. The van der Waals surface area contributed by atoms with Gasteiger partial charge >= 0.3 is 0 Å². The SMILES string of the molecule is CNc1cc(Nc2cccn(C(C)C)c2=O)nc2c(C(=O)N[C@H]3CCC[C@]3(C)O)cnn12. The Bertz CT molecular complexity index is 1210. The number of carbonyl (C=O) groups is 1. The van der Waals surface area contributed by atoms with Gasteiger partial charge in [0.05, 0.1) is 17.8 Å². The summed E-state index contributed by atoms with van der Waals surface area (Å²) in [5.74, 6) is 0.660. The molecule has 32 heavy (non-hydrogen) atoms. The third-order valence-corrected chi connectivity index (χ3v) is 6.00. The fourth-order valence-corrected chi connectivity index (χ4v) is 4.13. The number of carbonyl (C=O) groups excluding carboxylic acids is 1. The van der Waals surface area contributed by atoms with Gasteiger partial charge in [0, 0.05) is 25.4 Å². The molecule has 0 aliphatic heterocycles. The van der Waals surface area contributed by atoms with Crippen molar-refractivity contribution in [1.82, 2.24) is 24.5 Å². The smallest absolute Gasteiger partial charge is 0.274 e. The number of aliphatic hydroxyl groups is 1. The van der Waals surface area contributed by atoms with Crippen LogP contribution in [0.25, 0.3) is 5.65 Å². The van der Waals surface area contributed by atoms with Crippen molar-refractivity contribution in [2.75, 3.05) is 17.7 Å². The summed E-state index contributed by atoms with van der Waals surface area (Å²) >= 11 is 0. The average molecular weight is 440 g/mol. The molecule has 10 heteroatoms. The summed E-state index contributed by atoms with van der Waals surface area (Å²) < 4.78 is 3.16. The van der Waals surface area contributed by atoms with Gasteiger partial charge in [0.15, 0.2) is 5.65 Å². The topological polar surface area (TPSA) is 126 Å². The van der Waals surface area contributed by atoms with E-state index in [4.69, 9.17) is 0 Å². The van der Waals surface area contributed by atoms with E-state index in [-0.39, 0.29) is 23.6 Å². The van der Waals surface area contributed by atoms with E-state index in [9.17, 15) is 14.7 Å². The Kier molecular flexibility index (Phi) is 5.64. The van der Waals surface area contributed by atoms with Gasteiger partial charge in [-0.1, -0.05) is 0 Å². The molecule has 2 atom stereocenters. The molecule has 0 aromatic carbocycles. The quantitative estimate of drug-likeness (QED) is 0.464. The third-order valence-electron chi connectivity index (χ3n) is 6.00. The van der Waals surface area contributed by atoms with Crippen LogP contribution >= 0.6 is 0 Å². The molecular formula is C22H29N7O3. The van der Waals surface area contributed by atoms with E-state index < -0.39 is 5.60 Å². The predicted molar refractivity (Wildman–Crippen MR) is 123 cm³/mol. The number of nitrogens with zero attached hydrogens (tertiary/aromatic N) is 4. The average Bonchev–Trinajstić information content (AvgIpc) is 3.31. The van der Waals surface area contributed by atoms with Crippen molar-refractivity contribution < 1.29 is 9.90 Å². The molecule has 0 unspecified atom stereocenters. The molecule has 10 nitrogen and oxygen atoms in total. The van der Waals surface area contributed by atoms with Gasteiger partial charge in [-0.05, 0) is 52.2 Å². The van der Waals surface area contributed by atoms with Gasteiger partial charge in [-0.2, -0.15) is 9.61 Å². The first-order chi connectivity index (χ1) is 15.2. The van der Waals surface area contributed by atoms with Gasteiger partial charge in [0.1, 0.15) is 22.9 Å². The number of fused-ring (bicyclic) bond motifs is 1. The molecule has 1 fully saturated rings. The van der Waals surface area contributed by atoms with Crippen LogP contribution in [0.3, 0.4) is 0 Å². The molecule has 4 rings (SSSR count). The minimum atomic E-state index is -0.932. The number of hydrogen-bond acceptors (Lipinski definition) is 7. The minimum Gasteiger partial charge on any atom is -0.388 e. The number of hydrogen-bond donors (Lipinski definition) is 4. The predicted octanol–water partition coefficient (Wildman–Crippen LogP) is 2.29. The number of amides is 1. The Morgan fingerprint density at radius 2 is 2.16 bits per heavy atom. The first-order valence-corrected chi connectivity index (χ1v) is 10.8. The third kappa shape index (κ3) is 3.93. The van der Waals surface area contributed by atoms with Crippen LogP contribution < -0.4 is 21.5 Å². The number of rotatable bonds is 6. The van der Waals surface area contributed by atoms with Gasteiger partial charge in [-0.15, -0.1) is 0 Å². The lowest BCUT2D eigenvalue weighted by Gasteiger charge is -2.26. The standard InChI is InChI=1S/C22H29N7O3/c1-13(2)28-10-6-7-15(21(28)31)25-17-11-18(23-4)29-19(27-17)14(12-24-29)20(30)26-16-8-5-9-22(16,3)32/h6-7,10-13,16,23,32H,5,8-9H2,1-4H3,(H,25,27)(H,26,30)/t16-,22-/m0/s1. The van der Waals surface area contributed by atoms with E-state index in [2.05, 4.69) is 26.0 Å². The van der Waals surface area contributed by atoms with Gasteiger partial charge in [-0.25, -0.2) is 4.98 Å². The molecule has 3 heterocycles. The second kappa shape index (κ2) is 8.27. The number of pyridine rings is 1. The molecule has 0 radical (unpaired) electrons. The highest BCUT2D eigenvalue weighted by Crippen LogP contribution is 2.30. The number of aromatic nitrogens is 4. The first-order valence-electron chi connectivity index (χ1n) is 10.8. The van der Waals surface area contributed by atoms with Crippen LogP contribution in [0.15, 0.2) is 35.4 Å². The molecule has 0 saturated heterocycles. The fraction of sp³-hybridized carbons (Fsp3) is 0.455. The summed E-state index contributed by atoms with van der Waals surface area (Å²) in [7, 11) is 1.74. The second-order valence-electron chi connectivity index (χ2n) is 8.70. The summed E-state index contributed by atoms with van der Waals surface area (Å²) in [4.78, 5) is 30.3. The van der Waals surface area contributed by atoms with E-state index in [1.165, 1.54) is 10.7 Å². The van der Waals surface area contributed by atoms with E-state index >= 15 is 0 Å². The van der Waals surface area contributed by atoms with Crippen LogP contribution in [0.2, 0.25) is 0 Å². The zero-order valence-electron chi connectivity index (χ0n) is 18.7. The molecular weight excluding hydrogens is 410 g/mol. The summed E-state index contributed by atoms with van der Waals surface area (Å²) in [5.41, 5.74) is -0.0775. The Balaban J connectivity index is 1.70. The molecule has 3 aromatic heterocycles. The van der Waals surface area contributed by atoms with Crippen molar-refractivity contribution in [3.8, 4) is 0 Å². The zero-order chi connectivity index (χ0) is 23.0. The normalized spacial score (nSPS) is 20.6. The van der Waals surface area contributed by atoms with E-state index in [1.54, 1.807) is 42.9 Å². The highest BCUT2D eigenvalue weighted by atomic mass is 16.3. The highest BCUT2D eigenvalue weighted by Gasteiger charge is 2.38. The van der Waals surface area contributed by atoms with Gasteiger partial charge in [0.25, 0.3) is 11.5 Å². The molecule has 3 aromatic rings. The van der Waals surface area contributed by atoms with Crippen LogP contribution in [0.5, 0.6) is 0 Å². The molecule has 4 N–H and O–H groups in total. The van der Waals surface area contributed by atoms with Crippen molar-refractivity contribution in [3.05, 3.63) is 46.5 Å². The molecule has 1 saturated carbocycles. The first kappa shape index (κ1) is 21.8. The van der Waals surface area contributed by atoms with E-state index in [0.29, 0.717) is 35.0 Å². The van der Waals surface area contributed by atoms with Crippen LogP contribution in [-0.4, -0.2) is 48.9 Å². The molecule has 1 aliphatic carbocycles. The molecule has 1 amide bonds. The molecule has 0 bridgehead atoms. The van der Waals surface area contributed by atoms with Crippen molar-refractivity contribution in [3.63, 3.8) is 0 Å². The number of anilines is 3. The lowest BCUT2D eigenvalue weighted by molar-refractivity contribution is 0.0368. The Hall–Kier alpha value is -3.40. The van der Waals surface area contributed by atoms with Crippen LogP contribution in [0.1, 0.15) is 56.4 Å². The monoisotopic (exact) mass is 439 g/mol. The second-order valence-corrected chi connectivity index (χ2v) is 8.70. The van der Waals surface area contributed by atoms with Crippen molar-refractivity contribution in [1.29, 1.82) is 0 Å². The molecule has 170 valence electrons. The van der Waals surface area contributed by atoms with E-state index in [0.717, 1.165) is 12.8 Å². The summed E-state index contributed by atoms with van der Waals surface area (Å²) in [6, 6.07) is 4.90. The summed E-state index contributed by atoms with van der Waals surface area (Å²) in [5, 5.41) is 23.8. The molecule has 0 spiro atoms. The minimum absolute atomic E-state index is 0.0190. The van der Waals surface area contributed by atoms with Crippen LogP contribution in [0.4, 0.5) is 17.3 Å².